The van der Waals surface area contributed by atoms with E-state index in [1.165, 1.54) is 0 Å². The van der Waals surface area contributed by atoms with Gasteiger partial charge in [0, 0.05) is 30.0 Å². The molecule has 0 aromatic heterocycles. The summed E-state index contributed by atoms with van der Waals surface area (Å²) in [6, 6.07) is 15.0. The Bertz CT molecular complexity index is 771. The number of carbonyl (C=O) groups is 2. The van der Waals surface area contributed by atoms with Crippen molar-refractivity contribution in [2.45, 2.75) is 32.7 Å². The van der Waals surface area contributed by atoms with E-state index < -0.39 is 0 Å². The molecule has 25 heavy (non-hydrogen) atoms. The molecular weight excluding hydrogens is 314 g/mol. The zero-order chi connectivity index (χ0) is 17.8. The first kappa shape index (κ1) is 17.0. The van der Waals surface area contributed by atoms with Gasteiger partial charge in [-0.1, -0.05) is 12.1 Å². The zero-order valence-corrected chi connectivity index (χ0v) is 14.6. The van der Waals surface area contributed by atoms with Crippen LogP contribution < -0.4 is 15.5 Å². The van der Waals surface area contributed by atoms with Gasteiger partial charge in [0.25, 0.3) is 0 Å². The highest BCUT2D eigenvalue weighted by atomic mass is 16.2. The molecule has 1 aliphatic heterocycles. The van der Waals surface area contributed by atoms with Gasteiger partial charge in [-0.25, -0.2) is 0 Å². The third-order valence-corrected chi connectivity index (χ3v) is 4.31. The molecule has 2 aromatic rings. The first-order chi connectivity index (χ1) is 12.0. The first-order valence-electron chi connectivity index (χ1n) is 8.57. The van der Waals surface area contributed by atoms with E-state index in [-0.39, 0.29) is 17.9 Å². The monoisotopic (exact) mass is 337 g/mol. The van der Waals surface area contributed by atoms with Crippen molar-refractivity contribution < 1.29 is 9.59 Å². The minimum absolute atomic E-state index is 0.0932. The molecule has 0 saturated carbocycles. The summed E-state index contributed by atoms with van der Waals surface area (Å²) in [7, 11) is 0. The standard InChI is InChI=1S/C20H23N3O2/c1-14-5-3-6-17(13-14)22-20(25)15(2)21-16-8-10-18(11-9-16)23-12-4-7-19(23)24/h3,5-6,8-11,13,15,21H,4,7,12H2,1-2H3,(H,22,25)/t15-/m0/s1. The van der Waals surface area contributed by atoms with Crippen LogP contribution in [0.3, 0.4) is 0 Å². The minimum Gasteiger partial charge on any atom is -0.374 e. The summed E-state index contributed by atoms with van der Waals surface area (Å²) in [6.45, 7) is 4.59. The zero-order valence-electron chi connectivity index (χ0n) is 14.6. The maximum Gasteiger partial charge on any atom is 0.246 e. The van der Waals surface area contributed by atoms with Crippen molar-refractivity contribution in [2.24, 2.45) is 0 Å². The number of nitrogens with one attached hydrogen (secondary N) is 2. The summed E-state index contributed by atoms with van der Waals surface area (Å²) in [5, 5.41) is 6.10. The third kappa shape index (κ3) is 4.18. The normalized spacial score (nSPS) is 15.1. The Morgan fingerprint density at radius 3 is 2.52 bits per heavy atom. The number of rotatable bonds is 5. The van der Waals surface area contributed by atoms with E-state index in [9.17, 15) is 9.59 Å². The summed E-state index contributed by atoms with van der Waals surface area (Å²) in [6.07, 6.45) is 1.53. The van der Waals surface area contributed by atoms with Gasteiger partial charge in [0.05, 0.1) is 0 Å². The molecule has 5 nitrogen and oxygen atoms in total. The van der Waals surface area contributed by atoms with Gasteiger partial charge in [-0.2, -0.15) is 0 Å². The Morgan fingerprint density at radius 2 is 1.88 bits per heavy atom. The molecule has 2 aromatic carbocycles. The summed E-state index contributed by atoms with van der Waals surface area (Å²) < 4.78 is 0. The SMILES string of the molecule is Cc1cccc(NC(=O)[C@H](C)Nc2ccc(N3CCCC3=O)cc2)c1. The van der Waals surface area contributed by atoms with Crippen LogP contribution in [0.5, 0.6) is 0 Å². The van der Waals surface area contributed by atoms with Crippen LogP contribution >= 0.6 is 0 Å². The molecule has 3 rings (SSSR count). The number of amides is 2. The fourth-order valence-electron chi connectivity index (χ4n) is 2.95. The van der Waals surface area contributed by atoms with Crippen LogP contribution in [0, 0.1) is 6.92 Å². The molecule has 1 heterocycles. The summed E-state index contributed by atoms with van der Waals surface area (Å²) in [5.41, 5.74) is 3.65. The van der Waals surface area contributed by atoms with Crippen LogP contribution in [0.2, 0.25) is 0 Å². The van der Waals surface area contributed by atoms with Gasteiger partial charge in [-0.15, -0.1) is 0 Å². The van der Waals surface area contributed by atoms with E-state index >= 15 is 0 Å². The average molecular weight is 337 g/mol. The summed E-state index contributed by atoms with van der Waals surface area (Å²) >= 11 is 0. The Labute approximate surface area is 148 Å². The summed E-state index contributed by atoms with van der Waals surface area (Å²) in [4.78, 5) is 25.9. The van der Waals surface area contributed by atoms with E-state index in [4.69, 9.17) is 0 Å². The molecule has 1 saturated heterocycles. The van der Waals surface area contributed by atoms with Gasteiger partial charge in [-0.05, 0) is 62.2 Å². The van der Waals surface area contributed by atoms with Crippen LogP contribution in [-0.2, 0) is 9.59 Å². The average Bonchev–Trinajstić information content (AvgIpc) is 3.01. The van der Waals surface area contributed by atoms with Crippen LogP contribution in [0.4, 0.5) is 17.1 Å². The van der Waals surface area contributed by atoms with Gasteiger partial charge in [0.1, 0.15) is 6.04 Å². The number of aryl methyl sites for hydroxylation is 1. The molecule has 0 bridgehead atoms. The molecule has 1 aliphatic rings. The number of nitrogens with zero attached hydrogens (tertiary/aromatic N) is 1. The molecule has 1 fully saturated rings. The number of hydrogen-bond acceptors (Lipinski definition) is 3. The van der Waals surface area contributed by atoms with Gasteiger partial charge in [0.15, 0.2) is 0 Å². The second-order valence-corrected chi connectivity index (χ2v) is 6.42. The molecule has 5 heteroatoms. The van der Waals surface area contributed by atoms with E-state index in [0.717, 1.165) is 35.6 Å². The molecule has 130 valence electrons. The number of benzene rings is 2. The lowest BCUT2D eigenvalue weighted by atomic mass is 10.2. The topological polar surface area (TPSA) is 61.4 Å². The quantitative estimate of drug-likeness (QED) is 0.877. The molecule has 2 amide bonds. The van der Waals surface area contributed by atoms with Crippen LogP contribution in [0.1, 0.15) is 25.3 Å². The van der Waals surface area contributed by atoms with Crippen LogP contribution in [0.15, 0.2) is 48.5 Å². The van der Waals surface area contributed by atoms with E-state index in [1.54, 1.807) is 4.90 Å². The molecule has 0 spiro atoms. The van der Waals surface area contributed by atoms with Crippen molar-refractivity contribution in [1.82, 2.24) is 0 Å². The molecule has 1 atom stereocenters. The second-order valence-electron chi connectivity index (χ2n) is 6.42. The fourth-order valence-corrected chi connectivity index (χ4v) is 2.95. The van der Waals surface area contributed by atoms with Crippen molar-refractivity contribution >= 4 is 28.9 Å². The Hall–Kier alpha value is -2.82. The number of anilines is 3. The van der Waals surface area contributed by atoms with E-state index in [1.807, 2.05) is 62.4 Å². The molecule has 0 radical (unpaired) electrons. The van der Waals surface area contributed by atoms with E-state index in [0.29, 0.717) is 6.42 Å². The van der Waals surface area contributed by atoms with Crippen LogP contribution in [-0.4, -0.2) is 24.4 Å². The van der Waals surface area contributed by atoms with Crippen molar-refractivity contribution in [1.29, 1.82) is 0 Å². The minimum atomic E-state index is -0.375. The van der Waals surface area contributed by atoms with E-state index in [2.05, 4.69) is 10.6 Å². The smallest absolute Gasteiger partial charge is 0.246 e. The molecular formula is C20H23N3O2. The summed E-state index contributed by atoms with van der Waals surface area (Å²) in [5.74, 6) is 0.0796. The molecule has 0 unspecified atom stereocenters. The Kier molecular flexibility index (Phi) is 5.03. The lowest BCUT2D eigenvalue weighted by molar-refractivity contribution is -0.117. The maximum atomic E-state index is 12.3. The second kappa shape index (κ2) is 7.38. The van der Waals surface area contributed by atoms with Crippen molar-refractivity contribution in [3.8, 4) is 0 Å². The van der Waals surface area contributed by atoms with Crippen LogP contribution in [0.25, 0.3) is 0 Å². The molecule has 2 N–H and O–H groups in total. The third-order valence-electron chi connectivity index (χ3n) is 4.31. The largest absolute Gasteiger partial charge is 0.374 e. The highest BCUT2D eigenvalue weighted by Crippen LogP contribution is 2.23. The highest BCUT2D eigenvalue weighted by molar-refractivity contribution is 5.97. The van der Waals surface area contributed by atoms with Gasteiger partial charge < -0.3 is 15.5 Å². The van der Waals surface area contributed by atoms with Gasteiger partial charge in [-0.3, -0.25) is 9.59 Å². The predicted molar refractivity (Wildman–Crippen MR) is 101 cm³/mol. The maximum absolute atomic E-state index is 12.3. The van der Waals surface area contributed by atoms with Gasteiger partial charge >= 0.3 is 0 Å². The highest BCUT2D eigenvalue weighted by Gasteiger charge is 2.21. The van der Waals surface area contributed by atoms with Crippen molar-refractivity contribution in [2.75, 3.05) is 22.1 Å². The fraction of sp³-hybridized carbons (Fsp3) is 0.300. The first-order valence-corrected chi connectivity index (χ1v) is 8.57. The lowest BCUT2D eigenvalue weighted by Gasteiger charge is -2.18. The lowest BCUT2D eigenvalue weighted by Crippen LogP contribution is -2.31. The Morgan fingerprint density at radius 1 is 1.12 bits per heavy atom. The number of carbonyl (C=O) groups excluding carboxylic acids is 2. The molecule has 0 aliphatic carbocycles. The number of hydrogen-bond donors (Lipinski definition) is 2. The Balaban J connectivity index is 1.59. The van der Waals surface area contributed by atoms with Gasteiger partial charge in [0.2, 0.25) is 11.8 Å². The van der Waals surface area contributed by atoms with Crippen molar-refractivity contribution in [3.05, 3.63) is 54.1 Å². The predicted octanol–water partition coefficient (Wildman–Crippen LogP) is 3.56. The van der Waals surface area contributed by atoms with Crippen molar-refractivity contribution in [3.63, 3.8) is 0 Å².